The van der Waals surface area contributed by atoms with Gasteiger partial charge < -0.3 is 14.9 Å². The highest BCUT2D eigenvalue weighted by Crippen LogP contribution is 2.38. The Bertz CT molecular complexity index is 426. The second kappa shape index (κ2) is 4.67. The first-order valence-corrected chi connectivity index (χ1v) is 4.75. The van der Waals surface area contributed by atoms with Crippen LogP contribution < -0.4 is 4.74 Å². The molecule has 0 bridgehead atoms. The fraction of sp³-hybridized carbons (Fsp3) is 0.364. The monoisotopic (exact) mass is 246 g/mol. The van der Waals surface area contributed by atoms with Gasteiger partial charge in [0.25, 0.3) is 5.92 Å². The van der Waals surface area contributed by atoms with Crippen LogP contribution in [0.3, 0.4) is 0 Å². The van der Waals surface area contributed by atoms with Gasteiger partial charge in [-0.15, -0.1) is 0 Å². The topological polar surface area (TPSA) is 66.8 Å². The number of aliphatic hydroxyl groups excluding tert-OH is 1. The first-order chi connectivity index (χ1) is 7.79. The molecule has 1 aromatic carbocycles. The molecule has 2 N–H and O–H groups in total. The number of methoxy groups -OCH3 is 1. The lowest BCUT2D eigenvalue weighted by atomic mass is 10.0. The third kappa shape index (κ3) is 2.71. The summed E-state index contributed by atoms with van der Waals surface area (Å²) < 4.78 is 31.2. The molecule has 0 saturated carbocycles. The van der Waals surface area contributed by atoms with E-state index < -0.39 is 23.6 Å². The lowest BCUT2D eigenvalue weighted by Crippen LogP contribution is -2.15. The number of benzene rings is 1. The molecule has 0 radical (unpaired) electrons. The van der Waals surface area contributed by atoms with Crippen molar-refractivity contribution in [3.63, 3.8) is 0 Å². The largest absolute Gasteiger partial charge is 0.496 e. The minimum Gasteiger partial charge on any atom is -0.496 e. The smallest absolute Gasteiger partial charge is 0.337 e. The maximum Gasteiger partial charge on any atom is 0.337 e. The van der Waals surface area contributed by atoms with Crippen molar-refractivity contribution in [2.75, 3.05) is 7.11 Å². The third-order valence-electron chi connectivity index (χ3n) is 2.25. The Balaban J connectivity index is 3.39. The Morgan fingerprint density at radius 2 is 2.06 bits per heavy atom. The highest BCUT2D eigenvalue weighted by molar-refractivity contribution is 5.75. The van der Waals surface area contributed by atoms with E-state index in [4.69, 9.17) is 9.84 Å². The highest BCUT2D eigenvalue weighted by Gasteiger charge is 2.32. The van der Waals surface area contributed by atoms with Crippen molar-refractivity contribution in [1.29, 1.82) is 0 Å². The van der Waals surface area contributed by atoms with Gasteiger partial charge in [0.2, 0.25) is 0 Å². The summed E-state index contributed by atoms with van der Waals surface area (Å²) in [5.41, 5.74) is -0.656. The Hall–Kier alpha value is -1.69. The molecule has 1 rings (SSSR count). The van der Waals surface area contributed by atoms with Gasteiger partial charge in [-0.3, -0.25) is 0 Å². The Kier molecular flexibility index (Phi) is 3.67. The maximum absolute atomic E-state index is 13.2. The zero-order valence-electron chi connectivity index (χ0n) is 9.28. The number of para-hydroxylation sites is 1. The van der Waals surface area contributed by atoms with E-state index in [0.29, 0.717) is 6.92 Å². The summed E-state index contributed by atoms with van der Waals surface area (Å²) in [6.45, 7) is 0.668. The van der Waals surface area contributed by atoms with Gasteiger partial charge in [0.15, 0.2) is 6.10 Å². The molecular formula is C11H12F2O4. The van der Waals surface area contributed by atoms with Crippen molar-refractivity contribution in [2.24, 2.45) is 0 Å². The molecule has 0 spiro atoms. The SMILES string of the molecule is COc1c(C(O)C(=O)O)cccc1C(C)(F)F. The molecule has 17 heavy (non-hydrogen) atoms. The van der Waals surface area contributed by atoms with Crippen molar-refractivity contribution < 1.29 is 28.5 Å². The number of alkyl halides is 2. The number of aliphatic carboxylic acids is 1. The predicted molar refractivity (Wildman–Crippen MR) is 55.2 cm³/mol. The van der Waals surface area contributed by atoms with Crippen LogP contribution in [0, 0.1) is 0 Å². The van der Waals surface area contributed by atoms with E-state index in [1.165, 1.54) is 12.1 Å². The molecule has 0 aromatic heterocycles. The molecule has 1 aromatic rings. The van der Waals surface area contributed by atoms with Crippen molar-refractivity contribution in [2.45, 2.75) is 19.0 Å². The van der Waals surface area contributed by atoms with Crippen LogP contribution >= 0.6 is 0 Å². The van der Waals surface area contributed by atoms with E-state index in [0.717, 1.165) is 13.2 Å². The van der Waals surface area contributed by atoms with Crippen LogP contribution in [-0.2, 0) is 10.7 Å². The van der Waals surface area contributed by atoms with Gasteiger partial charge in [0, 0.05) is 12.5 Å². The fourth-order valence-electron chi connectivity index (χ4n) is 1.48. The Morgan fingerprint density at radius 1 is 1.47 bits per heavy atom. The second-order valence-corrected chi connectivity index (χ2v) is 3.56. The van der Waals surface area contributed by atoms with Gasteiger partial charge in [0.1, 0.15) is 5.75 Å². The molecule has 6 heteroatoms. The van der Waals surface area contributed by atoms with Gasteiger partial charge in [0.05, 0.1) is 12.7 Å². The number of rotatable bonds is 4. The predicted octanol–water partition coefficient (Wildman–Crippen LogP) is 1.92. The molecule has 4 nitrogen and oxygen atoms in total. The van der Waals surface area contributed by atoms with Crippen LogP contribution in [0.4, 0.5) is 8.78 Å². The molecule has 0 amide bonds. The molecular weight excluding hydrogens is 234 g/mol. The molecule has 0 heterocycles. The number of halogens is 2. The van der Waals surface area contributed by atoms with Crippen LogP contribution in [-0.4, -0.2) is 23.3 Å². The number of carboxylic acids is 1. The summed E-state index contributed by atoms with van der Waals surface area (Å²) >= 11 is 0. The van der Waals surface area contributed by atoms with Crippen molar-refractivity contribution in [3.05, 3.63) is 29.3 Å². The Labute approximate surface area is 96.5 Å². The van der Waals surface area contributed by atoms with E-state index in [2.05, 4.69) is 0 Å². The van der Waals surface area contributed by atoms with Crippen LogP contribution in [0.15, 0.2) is 18.2 Å². The van der Waals surface area contributed by atoms with E-state index >= 15 is 0 Å². The lowest BCUT2D eigenvalue weighted by Gasteiger charge is -2.19. The van der Waals surface area contributed by atoms with Crippen molar-refractivity contribution >= 4 is 5.97 Å². The minimum absolute atomic E-state index is 0.195. The van der Waals surface area contributed by atoms with E-state index in [1.54, 1.807) is 0 Å². The Morgan fingerprint density at radius 3 is 2.47 bits per heavy atom. The number of ether oxygens (including phenoxy) is 1. The molecule has 0 aliphatic heterocycles. The average molecular weight is 246 g/mol. The average Bonchev–Trinajstić information content (AvgIpc) is 2.25. The first kappa shape index (κ1) is 13.4. The summed E-state index contributed by atoms with van der Waals surface area (Å²) in [6, 6.07) is 3.60. The van der Waals surface area contributed by atoms with Crippen LogP contribution in [0.1, 0.15) is 24.2 Å². The number of carboxylic acid groups (broad SMARTS) is 1. The number of hydrogen-bond acceptors (Lipinski definition) is 3. The quantitative estimate of drug-likeness (QED) is 0.851. The van der Waals surface area contributed by atoms with E-state index in [9.17, 15) is 18.7 Å². The second-order valence-electron chi connectivity index (χ2n) is 3.56. The van der Waals surface area contributed by atoms with Crippen LogP contribution in [0.5, 0.6) is 5.75 Å². The highest BCUT2D eigenvalue weighted by atomic mass is 19.3. The van der Waals surface area contributed by atoms with Crippen LogP contribution in [0.25, 0.3) is 0 Å². The summed E-state index contributed by atoms with van der Waals surface area (Å²) in [5, 5.41) is 18.0. The summed E-state index contributed by atoms with van der Waals surface area (Å²) in [6.07, 6.45) is -1.90. The summed E-state index contributed by atoms with van der Waals surface area (Å²) in [4.78, 5) is 10.6. The standard InChI is InChI=1S/C11H12F2O4/c1-11(12,13)7-5-3-4-6(9(7)17-2)8(14)10(15)16/h3-5,8,14H,1-2H3,(H,15,16). The van der Waals surface area contributed by atoms with Gasteiger partial charge >= 0.3 is 5.97 Å². The zero-order valence-corrected chi connectivity index (χ0v) is 9.28. The van der Waals surface area contributed by atoms with Gasteiger partial charge in [-0.05, 0) is 6.07 Å². The summed E-state index contributed by atoms with van der Waals surface area (Å²) in [7, 11) is 1.14. The minimum atomic E-state index is -3.18. The number of aliphatic hydroxyl groups is 1. The zero-order chi connectivity index (χ0) is 13.2. The van der Waals surface area contributed by atoms with E-state index in [-0.39, 0.29) is 11.3 Å². The first-order valence-electron chi connectivity index (χ1n) is 4.75. The normalized spacial score (nSPS) is 13.2. The maximum atomic E-state index is 13.2. The van der Waals surface area contributed by atoms with Crippen LogP contribution in [0.2, 0.25) is 0 Å². The third-order valence-corrected chi connectivity index (χ3v) is 2.25. The lowest BCUT2D eigenvalue weighted by molar-refractivity contribution is -0.147. The van der Waals surface area contributed by atoms with Crippen molar-refractivity contribution in [3.8, 4) is 5.75 Å². The molecule has 0 saturated heterocycles. The van der Waals surface area contributed by atoms with Crippen molar-refractivity contribution in [1.82, 2.24) is 0 Å². The molecule has 0 fully saturated rings. The van der Waals surface area contributed by atoms with E-state index in [1.807, 2.05) is 0 Å². The molecule has 94 valence electrons. The fourth-order valence-corrected chi connectivity index (χ4v) is 1.48. The van der Waals surface area contributed by atoms with Gasteiger partial charge in [-0.1, -0.05) is 12.1 Å². The molecule has 1 atom stereocenters. The number of carbonyl (C=O) groups is 1. The molecule has 0 aliphatic rings. The molecule has 1 unspecified atom stereocenters. The number of hydrogen-bond donors (Lipinski definition) is 2. The molecule has 0 aliphatic carbocycles. The van der Waals surface area contributed by atoms with Gasteiger partial charge in [-0.25, -0.2) is 13.6 Å². The van der Waals surface area contributed by atoms with Gasteiger partial charge in [-0.2, -0.15) is 0 Å². The summed E-state index contributed by atoms with van der Waals surface area (Å²) in [5.74, 6) is -5.02.